The van der Waals surface area contributed by atoms with Crippen molar-refractivity contribution in [2.45, 2.75) is 57.5 Å². The lowest BCUT2D eigenvalue weighted by Gasteiger charge is -2.45. The normalized spacial score (nSPS) is 24.9. The van der Waals surface area contributed by atoms with Crippen LogP contribution in [0.2, 0.25) is 0 Å². The van der Waals surface area contributed by atoms with Crippen LogP contribution in [0.25, 0.3) is 0 Å². The summed E-state index contributed by atoms with van der Waals surface area (Å²) in [6.45, 7) is 8.67. The summed E-state index contributed by atoms with van der Waals surface area (Å²) in [5.74, 6) is -4.52. The lowest BCUT2D eigenvalue weighted by Crippen LogP contribution is -2.55. The summed E-state index contributed by atoms with van der Waals surface area (Å²) in [7, 11) is -4.06. The van der Waals surface area contributed by atoms with Crippen molar-refractivity contribution in [2.24, 2.45) is 16.9 Å². The Hall–Kier alpha value is -3.24. The van der Waals surface area contributed by atoms with E-state index in [1.165, 1.54) is 19.1 Å². The number of hydrogen-bond acceptors (Lipinski definition) is 8. The van der Waals surface area contributed by atoms with Crippen LogP contribution in [0.3, 0.4) is 0 Å². The highest BCUT2D eigenvalue weighted by molar-refractivity contribution is 7.89. The molecule has 4 atom stereocenters. The molecular weight excluding hydrogens is 496 g/mol. The van der Waals surface area contributed by atoms with Crippen molar-refractivity contribution in [1.82, 2.24) is 4.83 Å². The molecular formula is C27H34N2O7S. The van der Waals surface area contributed by atoms with Gasteiger partial charge >= 0.3 is 11.9 Å². The standard InChI is InChI=1S/C27H34N2O7S/c1-6-35-25(30)23-21(28-29-37(33,34)20-14-10-18(4)11-15-20)16-27(5,32)24(26(31)36-7-2)22(23)19-12-8-17(3)9-13-19/h8-15,22-24,29,32H,6-7,16H2,1-5H3/b28-21+. The smallest absolute Gasteiger partial charge is 0.315 e. The van der Waals surface area contributed by atoms with Gasteiger partial charge in [-0.3, -0.25) is 9.59 Å². The molecule has 0 heterocycles. The number of aryl methyl sites for hydroxylation is 2. The van der Waals surface area contributed by atoms with Crippen LogP contribution in [-0.2, 0) is 29.1 Å². The number of carbonyl (C=O) groups is 2. The van der Waals surface area contributed by atoms with Crippen molar-refractivity contribution in [3.63, 3.8) is 0 Å². The molecule has 0 bridgehead atoms. The third-order valence-corrected chi connectivity index (χ3v) is 7.69. The van der Waals surface area contributed by atoms with E-state index < -0.39 is 45.3 Å². The third kappa shape index (κ3) is 6.37. The fraction of sp³-hybridized carbons (Fsp3) is 0.444. The molecule has 2 aromatic carbocycles. The average Bonchev–Trinajstić information content (AvgIpc) is 2.83. The Kier molecular flexibility index (Phi) is 8.76. The van der Waals surface area contributed by atoms with Crippen molar-refractivity contribution in [3.8, 4) is 0 Å². The van der Waals surface area contributed by atoms with Gasteiger partial charge in [0.2, 0.25) is 0 Å². The monoisotopic (exact) mass is 530 g/mol. The first kappa shape index (κ1) is 28.3. The van der Waals surface area contributed by atoms with Crippen LogP contribution < -0.4 is 4.83 Å². The lowest BCUT2D eigenvalue weighted by molar-refractivity contribution is -0.163. The summed E-state index contributed by atoms with van der Waals surface area (Å²) in [6.07, 6.45) is -0.251. The van der Waals surface area contributed by atoms with E-state index in [-0.39, 0.29) is 30.2 Å². The van der Waals surface area contributed by atoms with Gasteiger partial charge < -0.3 is 14.6 Å². The van der Waals surface area contributed by atoms with Gasteiger partial charge in [0.15, 0.2) is 0 Å². The second-order valence-electron chi connectivity index (χ2n) is 9.44. The molecule has 200 valence electrons. The van der Waals surface area contributed by atoms with Crippen molar-refractivity contribution < 1.29 is 32.6 Å². The fourth-order valence-corrected chi connectivity index (χ4v) is 5.53. The van der Waals surface area contributed by atoms with E-state index in [9.17, 15) is 23.1 Å². The number of carbonyl (C=O) groups excluding carboxylic acids is 2. The van der Waals surface area contributed by atoms with Crippen LogP contribution in [0.1, 0.15) is 49.8 Å². The van der Waals surface area contributed by atoms with Gasteiger partial charge in [-0.25, -0.2) is 4.83 Å². The first-order valence-electron chi connectivity index (χ1n) is 12.2. The van der Waals surface area contributed by atoms with Crippen LogP contribution in [0.15, 0.2) is 58.5 Å². The molecule has 0 radical (unpaired) electrons. The SMILES string of the molecule is CCOC(=O)C1/C(=N/NS(=O)(=O)c2ccc(C)cc2)CC(C)(O)C(C(=O)OCC)C1c1ccc(C)cc1. The fourth-order valence-electron chi connectivity index (χ4n) is 4.69. The van der Waals surface area contributed by atoms with Gasteiger partial charge in [-0.05, 0) is 52.3 Å². The number of ether oxygens (including phenoxy) is 2. The zero-order chi connectivity index (χ0) is 27.4. The molecule has 0 aromatic heterocycles. The lowest BCUT2D eigenvalue weighted by atomic mass is 9.61. The second kappa shape index (κ2) is 11.4. The number of rotatable bonds is 8. The van der Waals surface area contributed by atoms with Crippen molar-refractivity contribution in [1.29, 1.82) is 0 Å². The molecule has 2 aromatic rings. The Morgan fingerprint density at radius 1 is 0.973 bits per heavy atom. The second-order valence-corrected chi connectivity index (χ2v) is 11.1. The summed E-state index contributed by atoms with van der Waals surface area (Å²) in [4.78, 5) is 28.7. The predicted octanol–water partition coefficient (Wildman–Crippen LogP) is 3.23. The highest BCUT2D eigenvalue weighted by atomic mass is 32.2. The molecule has 2 N–H and O–H groups in total. The van der Waals surface area contributed by atoms with Crippen LogP contribution >= 0.6 is 0 Å². The van der Waals surface area contributed by atoms with E-state index in [0.717, 1.165) is 11.1 Å². The first-order chi connectivity index (χ1) is 17.4. The molecule has 1 aliphatic rings. The van der Waals surface area contributed by atoms with Gasteiger partial charge in [0.1, 0.15) is 5.92 Å². The van der Waals surface area contributed by atoms with E-state index in [0.29, 0.717) is 5.56 Å². The molecule has 3 rings (SSSR count). The van der Waals surface area contributed by atoms with Gasteiger partial charge in [0.05, 0.1) is 35.3 Å². The summed E-state index contributed by atoms with van der Waals surface area (Å²) in [5, 5.41) is 15.6. The predicted molar refractivity (Wildman–Crippen MR) is 138 cm³/mol. The van der Waals surface area contributed by atoms with Crippen molar-refractivity contribution in [2.75, 3.05) is 13.2 Å². The maximum Gasteiger partial charge on any atom is 0.315 e. The third-order valence-electron chi connectivity index (χ3n) is 6.47. The highest BCUT2D eigenvalue weighted by Crippen LogP contribution is 2.47. The Bertz CT molecular complexity index is 1250. The Labute approximate surface area is 217 Å². The summed E-state index contributed by atoms with van der Waals surface area (Å²) in [5.41, 5.74) is 0.813. The van der Waals surface area contributed by atoms with Crippen LogP contribution in [-0.4, -0.2) is 50.0 Å². The number of nitrogens with one attached hydrogen (secondary N) is 1. The Balaban J connectivity index is 2.15. The van der Waals surface area contributed by atoms with E-state index in [1.54, 1.807) is 38.1 Å². The minimum absolute atomic E-state index is 0.00260. The molecule has 0 spiro atoms. The quantitative estimate of drug-likeness (QED) is 0.396. The van der Waals surface area contributed by atoms with Crippen molar-refractivity contribution in [3.05, 3.63) is 65.2 Å². The molecule has 1 fully saturated rings. The first-order valence-corrected chi connectivity index (χ1v) is 13.7. The summed E-state index contributed by atoms with van der Waals surface area (Å²) in [6, 6.07) is 13.4. The number of esters is 2. The van der Waals surface area contributed by atoms with E-state index >= 15 is 0 Å². The molecule has 4 unspecified atom stereocenters. The van der Waals surface area contributed by atoms with Gasteiger partial charge in [0, 0.05) is 12.3 Å². The number of sulfonamides is 1. The largest absolute Gasteiger partial charge is 0.466 e. The van der Waals surface area contributed by atoms with E-state index in [2.05, 4.69) is 9.93 Å². The van der Waals surface area contributed by atoms with Crippen molar-refractivity contribution >= 4 is 27.7 Å². The highest BCUT2D eigenvalue weighted by Gasteiger charge is 2.56. The number of nitrogens with zero attached hydrogens (tertiary/aromatic N) is 1. The minimum atomic E-state index is -4.06. The molecule has 0 saturated heterocycles. The molecule has 0 amide bonds. The van der Waals surface area contributed by atoms with Gasteiger partial charge in [-0.1, -0.05) is 47.5 Å². The Morgan fingerprint density at radius 2 is 1.49 bits per heavy atom. The zero-order valence-corrected chi connectivity index (χ0v) is 22.5. The van der Waals surface area contributed by atoms with Crippen LogP contribution in [0.5, 0.6) is 0 Å². The Morgan fingerprint density at radius 3 is 2.03 bits per heavy atom. The molecule has 1 saturated carbocycles. The van der Waals surface area contributed by atoms with Crippen LogP contribution in [0.4, 0.5) is 0 Å². The maximum atomic E-state index is 13.3. The van der Waals surface area contributed by atoms with Gasteiger partial charge in [-0.2, -0.15) is 13.5 Å². The van der Waals surface area contributed by atoms with Gasteiger partial charge in [0.25, 0.3) is 10.0 Å². The minimum Gasteiger partial charge on any atom is -0.466 e. The molecule has 9 nitrogen and oxygen atoms in total. The van der Waals surface area contributed by atoms with E-state index in [1.807, 2.05) is 26.0 Å². The van der Waals surface area contributed by atoms with Crippen LogP contribution in [0, 0.1) is 25.7 Å². The summed E-state index contributed by atoms with van der Waals surface area (Å²) < 4.78 is 36.5. The number of benzene rings is 2. The van der Waals surface area contributed by atoms with Gasteiger partial charge in [-0.15, -0.1) is 0 Å². The maximum absolute atomic E-state index is 13.3. The average molecular weight is 531 g/mol. The molecule has 10 heteroatoms. The van der Waals surface area contributed by atoms with E-state index in [4.69, 9.17) is 9.47 Å². The zero-order valence-electron chi connectivity index (χ0n) is 21.7. The number of hydrazone groups is 1. The number of hydrogen-bond donors (Lipinski definition) is 2. The molecule has 0 aliphatic heterocycles. The molecule has 37 heavy (non-hydrogen) atoms. The number of aliphatic hydroxyl groups is 1. The molecule has 1 aliphatic carbocycles. The summed E-state index contributed by atoms with van der Waals surface area (Å²) >= 11 is 0. The topological polar surface area (TPSA) is 131 Å².